The van der Waals surface area contributed by atoms with Crippen molar-refractivity contribution in [1.82, 2.24) is 14.5 Å². The van der Waals surface area contributed by atoms with Crippen LogP contribution < -0.4 is 5.69 Å². The summed E-state index contributed by atoms with van der Waals surface area (Å²) in [5.41, 5.74) is 5.00. The second-order valence-corrected chi connectivity index (χ2v) is 7.26. The lowest BCUT2D eigenvalue weighted by atomic mass is 10.1. The molecule has 1 N–H and O–H groups in total. The minimum absolute atomic E-state index is 0. The highest BCUT2D eigenvalue weighted by atomic mass is 32.1. The van der Waals surface area contributed by atoms with Gasteiger partial charge < -0.3 is 4.98 Å². The van der Waals surface area contributed by atoms with Gasteiger partial charge in [-0.1, -0.05) is 50.2 Å². The molecule has 0 radical (unpaired) electrons. The molecule has 0 amide bonds. The Morgan fingerprint density at radius 1 is 1.11 bits per heavy atom. The average Bonchev–Trinajstić information content (AvgIpc) is 3.27. The molecule has 0 spiro atoms. The maximum absolute atomic E-state index is 12.3. The molecule has 0 fully saturated rings. The van der Waals surface area contributed by atoms with E-state index < -0.39 is 0 Å². The van der Waals surface area contributed by atoms with Crippen molar-refractivity contribution in [2.75, 3.05) is 0 Å². The van der Waals surface area contributed by atoms with E-state index in [4.69, 9.17) is 4.98 Å². The summed E-state index contributed by atoms with van der Waals surface area (Å²) in [6, 6.07) is 16.4. The molecule has 4 nitrogen and oxygen atoms in total. The van der Waals surface area contributed by atoms with E-state index in [1.807, 2.05) is 64.1 Å². The molecule has 0 saturated carbocycles. The first-order valence-corrected chi connectivity index (χ1v) is 10.2. The van der Waals surface area contributed by atoms with Gasteiger partial charge in [0.2, 0.25) is 0 Å². The molecule has 4 rings (SSSR count). The second-order valence-electron chi connectivity index (χ2n) is 6.40. The van der Waals surface area contributed by atoms with E-state index in [1.165, 1.54) is 5.56 Å². The number of imidazole rings is 1. The van der Waals surface area contributed by atoms with Crippen molar-refractivity contribution in [2.45, 2.75) is 40.2 Å². The largest absolute Gasteiger partial charge is 0.326 e. The van der Waals surface area contributed by atoms with Gasteiger partial charge in [0.05, 0.1) is 16.7 Å². The van der Waals surface area contributed by atoms with E-state index in [9.17, 15) is 4.79 Å². The van der Waals surface area contributed by atoms with Crippen LogP contribution in [0.4, 0.5) is 0 Å². The fourth-order valence-corrected chi connectivity index (χ4v) is 4.01. The Balaban J connectivity index is 0.000000906. The van der Waals surface area contributed by atoms with Crippen molar-refractivity contribution in [3.05, 3.63) is 75.7 Å². The summed E-state index contributed by atoms with van der Waals surface area (Å²) in [4.78, 5) is 20.1. The van der Waals surface area contributed by atoms with E-state index in [2.05, 4.69) is 22.5 Å². The first-order chi connectivity index (χ1) is 13.1. The second kappa shape index (κ2) is 8.35. The molecule has 2 heterocycles. The fraction of sp³-hybridized carbons (Fsp3) is 0.273. The molecular weight excluding hydrogens is 354 g/mol. The van der Waals surface area contributed by atoms with Crippen LogP contribution in [0.3, 0.4) is 0 Å². The third kappa shape index (κ3) is 3.88. The SMILES string of the molecule is CC.CC(C)n1c(=O)[nH]c2c(-c3nc(Cc4ccccc4)cs3)cccc21.[HH]. The van der Waals surface area contributed by atoms with Gasteiger partial charge in [0.1, 0.15) is 5.01 Å². The molecule has 0 aliphatic carbocycles. The van der Waals surface area contributed by atoms with Gasteiger partial charge in [-0.05, 0) is 31.5 Å². The molecule has 0 unspecified atom stereocenters. The smallest absolute Gasteiger partial charge is 0.305 e. The number of nitrogens with zero attached hydrogens (tertiary/aromatic N) is 2. The van der Waals surface area contributed by atoms with E-state index in [1.54, 1.807) is 15.9 Å². The Morgan fingerprint density at radius 2 is 1.85 bits per heavy atom. The standard InChI is InChI=1S/C20H19N3OS.C2H6.H2/c1-13(2)23-17-10-6-9-16(18(17)22-20(23)24)19-21-15(12-25-19)11-14-7-4-3-5-8-14;1-2;/h3-10,12-13H,11H2,1-2H3,(H,22,24);1-2H3;1H. The van der Waals surface area contributed by atoms with Gasteiger partial charge in [0.25, 0.3) is 0 Å². The lowest BCUT2D eigenvalue weighted by Gasteiger charge is -2.07. The third-order valence-corrected chi connectivity index (χ3v) is 5.20. The minimum atomic E-state index is -0.0708. The molecule has 0 aliphatic heterocycles. The van der Waals surface area contributed by atoms with Crippen molar-refractivity contribution >= 4 is 22.4 Å². The van der Waals surface area contributed by atoms with Crippen molar-refractivity contribution in [2.24, 2.45) is 0 Å². The summed E-state index contributed by atoms with van der Waals surface area (Å²) in [5, 5.41) is 3.03. The number of fused-ring (bicyclic) bond motifs is 1. The molecule has 0 bridgehead atoms. The summed E-state index contributed by atoms with van der Waals surface area (Å²) < 4.78 is 1.79. The van der Waals surface area contributed by atoms with Crippen molar-refractivity contribution in [3.8, 4) is 10.6 Å². The summed E-state index contributed by atoms with van der Waals surface area (Å²) in [6.07, 6.45) is 0.816. The Hall–Kier alpha value is -2.66. The number of nitrogens with one attached hydrogen (secondary N) is 1. The zero-order chi connectivity index (χ0) is 19.4. The van der Waals surface area contributed by atoms with Gasteiger partial charge in [-0.3, -0.25) is 4.57 Å². The number of para-hydroxylation sites is 1. The molecule has 142 valence electrons. The van der Waals surface area contributed by atoms with Crippen LogP contribution >= 0.6 is 11.3 Å². The van der Waals surface area contributed by atoms with Crippen LogP contribution in [0.25, 0.3) is 21.6 Å². The number of aromatic nitrogens is 3. The van der Waals surface area contributed by atoms with E-state index in [0.29, 0.717) is 0 Å². The molecule has 27 heavy (non-hydrogen) atoms. The lowest BCUT2D eigenvalue weighted by Crippen LogP contribution is -2.18. The Morgan fingerprint density at radius 3 is 2.56 bits per heavy atom. The van der Waals surface area contributed by atoms with Crippen molar-refractivity contribution < 1.29 is 1.43 Å². The molecule has 2 aromatic carbocycles. The van der Waals surface area contributed by atoms with Gasteiger partial charge in [-0.25, -0.2) is 9.78 Å². The highest BCUT2D eigenvalue weighted by Gasteiger charge is 2.15. The summed E-state index contributed by atoms with van der Waals surface area (Å²) in [5.74, 6) is 0. The minimum Gasteiger partial charge on any atom is -0.305 e. The van der Waals surface area contributed by atoms with Gasteiger partial charge in [0.15, 0.2) is 0 Å². The zero-order valence-corrected chi connectivity index (χ0v) is 17.0. The fourth-order valence-electron chi connectivity index (χ4n) is 3.16. The van der Waals surface area contributed by atoms with Gasteiger partial charge >= 0.3 is 5.69 Å². The molecule has 5 heteroatoms. The van der Waals surface area contributed by atoms with Gasteiger partial charge in [-0.2, -0.15) is 0 Å². The molecule has 0 aliphatic rings. The zero-order valence-electron chi connectivity index (χ0n) is 16.2. The van der Waals surface area contributed by atoms with Crippen LogP contribution in [0, 0.1) is 0 Å². The van der Waals surface area contributed by atoms with Crippen molar-refractivity contribution in [3.63, 3.8) is 0 Å². The normalized spacial score (nSPS) is 10.9. The van der Waals surface area contributed by atoms with E-state index in [0.717, 1.165) is 33.7 Å². The molecule has 2 aromatic heterocycles. The predicted molar refractivity (Wildman–Crippen MR) is 117 cm³/mol. The topological polar surface area (TPSA) is 50.7 Å². The molecule has 4 aromatic rings. The van der Waals surface area contributed by atoms with Crippen LogP contribution in [-0.2, 0) is 6.42 Å². The maximum atomic E-state index is 12.3. The van der Waals surface area contributed by atoms with Crippen LogP contribution in [0.2, 0.25) is 0 Å². The highest BCUT2D eigenvalue weighted by Crippen LogP contribution is 2.30. The third-order valence-electron chi connectivity index (χ3n) is 4.28. The maximum Gasteiger partial charge on any atom is 0.326 e. The number of hydrogen-bond acceptors (Lipinski definition) is 3. The number of thiazole rings is 1. The van der Waals surface area contributed by atoms with E-state index in [-0.39, 0.29) is 13.2 Å². The predicted octanol–water partition coefficient (Wildman–Crippen LogP) is 5.90. The quantitative estimate of drug-likeness (QED) is 0.479. The average molecular weight is 382 g/mol. The Bertz CT molecular complexity index is 1080. The molecular formula is C22H27N3OS. The lowest BCUT2D eigenvalue weighted by molar-refractivity contribution is 0.598. The highest BCUT2D eigenvalue weighted by molar-refractivity contribution is 7.13. The van der Waals surface area contributed by atoms with Gasteiger partial charge in [0, 0.05) is 24.8 Å². The first-order valence-electron chi connectivity index (χ1n) is 9.35. The number of hydrogen-bond donors (Lipinski definition) is 1. The van der Waals surface area contributed by atoms with Crippen LogP contribution in [-0.4, -0.2) is 14.5 Å². The Labute approximate surface area is 165 Å². The monoisotopic (exact) mass is 381 g/mol. The van der Waals surface area contributed by atoms with Crippen LogP contribution in [0.15, 0.2) is 58.7 Å². The number of benzene rings is 2. The first kappa shape index (κ1) is 19.1. The van der Waals surface area contributed by atoms with Crippen LogP contribution in [0.1, 0.15) is 46.4 Å². The number of H-pyrrole nitrogens is 1. The van der Waals surface area contributed by atoms with Crippen molar-refractivity contribution in [1.29, 1.82) is 0 Å². The molecule has 0 saturated heterocycles. The molecule has 0 atom stereocenters. The summed E-state index contributed by atoms with van der Waals surface area (Å²) >= 11 is 1.62. The van der Waals surface area contributed by atoms with Gasteiger partial charge in [-0.15, -0.1) is 11.3 Å². The number of aromatic amines is 1. The summed E-state index contributed by atoms with van der Waals surface area (Å²) in [6.45, 7) is 8.03. The Kier molecular flexibility index (Phi) is 5.91. The van der Waals surface area contributed by atoms with E-state index >= 15 is 0 Å². The number of rotatable bonds is 4. The van der Waals surface area contributed by atoms with Crippen LogP contribution in [0.5, 0.6) is 0 Å². The summed E-state index contributed by atoms with van der Waals surface area (Å²) in [7, 11) is 0.